The van der Waals surface area contributed by atoms with Crippen molar-refractivity contribution in [3.05, 3.63) is 66.2 Å². The van der Waals surface area contributed by atoms with E-state index in [2.05, 4.69) is 38.2 Å². The van der Waals surface area contributed by atoms with E-state index in [0.29, 0.717) is 5.92 Å². The fourth-order valence-corrected chi connectivity index (χ4v) is 3.81. The van der Waals surface area contributed by atoms with E-state index < -0.39 is 0 Å². The van der Waals surface area contributed by atoms with Gasteiger partial charge in [-0.05, 0) is 37.0 Å². The maximum atomic E-state index is 12.9. The lowest BCUT2D eigenvalue weighted by atomic mass is 10.0. The standard InChI is InChI=1S/C22H29NOS/c1-17(2)11-10-12-18(3)23-22(24)21(19-13-6-4-7-14-19)25-20-15-8-5-9-16-20/h4-9,13-18,21H,10-12H2,1-3H3,(H,23,24). The van der Waals surface area contributed by atoms with Crippen LogP contribution in [-0.2, 0) is 4.79 Å². The van der Waals surface area contributed by atoms with E-state index in [0.717, 1.165) is 23.3 Å². The van der Waals surface area contributed by atoms with E-state index in [1.807, 2.05) is 48.5 Å². The molecule has 0 fully saturated rings. The third-order valence-electron chi connectivity index (χ3n) is 4.14. The molecule has 0 bridgehead atoms. The second-order valence-corrected chi connectivity index (χ2v) is 8.13. The van der Waals surface area contributed by atoms with E-state index in [1.54, 1.807) is 11.8 Å². The first kappa shape index (κ1) is 19.6. The molecule has 1 N–H and O–H groups in total. The molecule has 3 heteroatoms. The Labute approximate surface area is 156 Å². The molecule has 0 aliphatic rings. The number of rotatable bonds is 9. The zero-order chi connectivity index (χ0) is 18.1. The van der Waals surface area contributed by atoms with Gasteiger partial charge < -0.3 is 5.32 Å². The normalized spacial score (nSPS) is 13.4. The highest BCUT2D eigenvalue weighted by Crippen LogP contribution is 2.35. The van der Waals surface area contributed by atoms with Crippen LogP contribution in [0.3, 0.4) is 0 Å². The van der Waals surface area contributed by atoms with Crippen molar-refractivity contribution in [2.45, 2.75) is 56.2 Å². The maximum absolute atomic E-state index is 12.9. The van der Waals surface area contributed by atoms with Crippen LogP contribution in [0.2, 0.25) is 0 Å². The molecular formula is C22H29NOS. The lowest BCUT2D eigenvalue weighted by Gasteiger charge is -2.21. The third-order valence-corrected chi connectivity index (χ3v) is 5.41. The predicted molar refractivity (Wildman–Crippen MR) is 108 cm³/mol. The fourth-order valence-electron chi connectivity index (χ4n) is 2.76. The van der Waals surface area contributed by atoms with Crippen molar-refractivity contribution in [1.29, 1.82) is 0 Å². The van der Waals surface area contributed by atoms with Crippen LogP contribution in [0, 0.1) is 5.92 Å². The van der Waals surface area contributed by atoms with Gasteiger partial charge in [0, 0.05) is 10.9 Å². The topological polar surface area (TPSA) is 29.1 Å². The summed E-state index contributed by atoms with van der Waals surface area (Å²) in [6, 6.07) is 20.4. The molecule has 2 rings (SSSR count). The zero-order valence-electron chi connectivity index (χ0n) is 15.4. The molecule has 0 aromatic heterocycles. The van der Waals surface area contributed by atoms with Gasteiger partial charge in [-0.2, -0.15) is 0 Å². The minimum Gasteiger partial charge on any atom is -0.352 e. The fraction of sp³-hybridized carbons (Fsp3) is 0.409. The summed E-state index contributed by atoms with van der Waals surface area (Å²) in [6.07, 6.45) is 3.39. The average molecular weight is 356 g/mol. The molecule has 0 aliphatic heterocycles. The van der Waals surface area contributed by atoms with Gasteiger partial charge in [-0.1, -0.05) is 75.2 Å². The van der Waals surface area contributed by atoms with E-state index >= 15 is 0 Å². The first-order chi connectivity index (χ1) is 12.1. The molecular weight excluding hydrogens is 326 g/mol. The summed E-state index contributed by atoms with van der Waals surface area (Å²) in [4.78, 5) is 14.0. The van der Waals surface area contributed by atoms with Crippen LogP contribution in [0.25, 0.3) is 0 Å². The van der Waals surface area contributed by atoms with Crippen LogP contribution in [0.5, 0.6) is 0 Å². The molecule has 2 aromatic rings. The van der Waals surface area contributed by atoms with Gasteiger partial charge in [-0.25, -0.2) is 0 Å². The molecule has 0 heterocycles. The molecule has 25 heavy (non-hydrogen) atoms. The lowest BCUT2D eigenvalue weighted by Crippen LogP contribution is -2.35. The molecule has 1 amide bonds. The highest BCUT2D eigenvalue weighted by molar-refractivity contribution is 8.00. The van der Waals surface area contributed by atoms with Crippen molar-refractivity contribution in [3.8, 4) is 0 Å². The monoisotopic (exact) mass is 355 g/mol. The van der Waals surface area contributed by atoms with Crippen LogP contribution in [0.1, 0.15) is 50.8 Å². The molecule has 134 valence electrons. The third kappa shape index (κ3) is 6.95. The Hall–Kier alpha value is -1.74. The van der Waals surface area contributed by atoms with Gasteiger partial charge in [0.05, 0.1) is 0 Å². The number of hydrogen-bond donors (Lipinski definition) is 1. The number of carbonyl (C=O) groups is 1. The maximum Gasteiger partial charge on any atom is 0.238 e. The molecule has 0 aliphatic carbocycles. The van der Waals surface area contributed by atoms with E-state index in [9.17, 15) is 4.79 Å². The Kier molecular flexibility index (Phi) is 8.07. The average Bonchev–Trinajstić information content (AvgIpc) is 2.61. The Morgan fingerprint density at radius 2 is 1.52 bits per heavy atom. The highest BCUT2D eigenvalue weighted by atomic mass is 32.2. The van der Waals surface area contributed by atoms with E-state index in [1.165, 1.54) is 6.42 Å². The number of benzene rings is 2. The molecule has 2 unspecified atom stereocenters. The van der Waals surface area contributed by atoms with Crippen molar-refractivity contribution in [1.82, 2.24) is 5.32 Å². The van der Waals surface area contributed by atoms with Crippen molar-refractivity contribution in [3.63, 3.8) is 0 Å². The minimum absolute atomic E-state index is 0.0945. The number of carbonyl (C=O) groups excluding carboxylic acids is 1. The Bertz CT molecular complexity index is 627. The second-order valence-electron chi connectivity index (χ2n) is 6.96. The molecule has 0 radical (unpaired) electrons. The number of hydrogen-bond acceptors (Lipinski definition) is 2. The van der Waals surface area contributed by atoms with Gasteiger partial charge in [-0.15, -0.1) is 11.8 Å². The quantitative estimate of drug-likeness (QED) is 0.572. The predicted octanol–water partition coefficient (Wildman–Crippen LogP) is 5.85. The first-order valence-corrected chi connectivity index (χ1v) is 10.0. The SMILES string of the molecule is CC(C)CCCC(C)NC(=O)C(Sc1ccccc1)c1ccccc1. The van der Waals surface area contributed by atoms with Crippen LogP contribution >= 0.6 is 11.8 Å². The van der Waals surface area contributed by atoms with Crippen LogP contribution < -0.4 is 5.32 Å². The second kappa shape index (κ2) is 10.3. The lowest BCUT2D eigenvalue weighted by molar-refractivity contribution is -0.121. The van der Waals surface area contributed by atoms with Gasteiger partial charge in [0.2, 0.25) is 5.91 Å². The number of nitrogens with one attached hydrogen (secondary N) is 1. The Morgan fingerprint density at radius 3 is 2.12 bits per heavy atom. The summed E-state index contributed by atoms with van der Waals surface area (Å²) in [5.41, 5.74) is 1.04. The minimum atomic E-state index is -0.226. The van der Waals surface area contributed by atoms with Gasteiger partial charge in [0.15, 0.2) is 0 Å². The summed E-state index contributed by atoms with van der Waals surface area (Å²) < 4.78 is 0. The first-order valence-electron chi connectivity index (χ1n) is 9.13. The van der Waals surface area contributed by atoms with E-state index in [-0.39, 0.29) is 17.2 Å². The molecule has 0 spiro atoms. The van der Waals surface area contributed by atoms with Crippen molar-refractivity contribution in [2.75, 3.05) is 0 Å². The molecule has 0 saturated heterocycles. The van der Waals surface area contributed by atoms with Gasteiger partial charge >= 0.3 is 0 Å². The molecule has 2 aromatic carbocycles. The van der Waals surface area contributed by atoms with Crippen molar-refractivity contribution < 1.29 is 4.79 Å². The Morgan fingerprint density at radius 1 is 0.920 bits per heavy atom. The van der Waals surface area contributed by atoms with Gasteiger partial charge in [0.1, 0.15) is 5.25 Å². The summed E-state index contributed by atoms with van der Waals surface area (Å²) >= 11 is 1.61. The summed E-state index contributed by atoms with van der Waals surface area (Å²) in [5.74, 6) is 0.811. The molecule has 2 nitrogen and oxygen atoms in total. The summed E-state index contributed by atoms with van der Waals surface area (Å²) in [6.45, 7) is 6.59. The van der Waals surface area contributed by atoms with Crippen LogP contribution in [0.4, 0.5) is 0 Å². The van der Waals surface area contributed by atoms with Crippen molar-refractivity contribution in [2.24, 2.45) is 5.92 Å². The highest BCUT2D eigenvalue weighted by Gasteiger charge is 2.23. The van der Waals surface area contributed by atoms with E-state index in [4.69, 9.17) is 0 Å². The molecule has 0 saturated carbocycles. The largest absolute Gasteiger partial charge is 0.352 e. The molecule has 2 atom stereocenters. The van der Waals surface area contributed by atoms with Crippen molar-refractivity contribution >= 4 is 17.7 Å². The Balaban J connectivity index is 2.03. The van der Waals surface area contributed by atoms with Crippen LogP contribution in [-0.4, -0.2) is 11.9 Å². The van der Waals surface area contributed by atoms with Crippen LogP contribution in [0.15, 0.2) is 65.6 Å². The summed E-state index contributed by atoms with van der Waals surface area (Å²) in [7, 11) is 0. The number of thioether (sulfide) groups is 1. The van der Waals surface area contributed by atoms with Gasteiger partial charge in [-0.3, -0.25) is 4.79 Å². The smallest absolute Gasteiger partial charge is 0.238 e. The summed E-state index contributed by atoms with van der Waals surface area (Å²) in [5, 5.41) is 2.99. The number of amides is 1. The van der Waals surface area contributed by atoms with Gasteiger partial charge in [0.25, 0.3) is 0 Å². The zero-order valence-corrected chi connectivity index (χ0v) is 16.3.